The molecule has 0 saturated heterocycles. The highest BCUT2D eigenvalue weighted by molar-refractivity contribution is 6.10. The van der Waals surface area contributed by atoms with Crippen molar-refractivity contribution in [3.63, 3.8) is 0 Å². The number of anilines is 1. The fraction of sp³-hybridized carbons (Fsp3) is 0.190. The number of methoxy groups -OCH3 is 1. The molecular weight excluding hydrogens is 360 g/mol. The largest absolute Gasteiger partial charge is 0.497 e. The lowest BCUT2D eigenvalue weighted by Gasteiger charge is -2.10. The van der Waals surface area contributed by atoms with Crippen LogP contribution in [-0.2, 0) is 11.2 Å². The predicted octanol–water partition coefficient (Wildman–Crippen LogP) is 3.26. The molecule has 28 heavy (non-hydrogen) atoms. The number of rotatable bonds is 5. The number of amides is 1. The molecule has 0 aromatic heterocycles. The van der Waals surface area contributed by atoms with Crippen LogP contribution in [0.2, 0.25) is 0 Å². The van der Waals surface area contributed by atoms with Gasteiger partial charge in [0.1, 0.15) is 29.2 Å². The van der Waals surface area contributed by atoms with Crippen molar-refractivity contribution < 1.29 is 24.2 Å². The molecule has 2 N–H and O–H groups in total. The average Bonchev–Trinajstić information content (AvgIpc) is 3.06. The highest BCUT2D eigenvalue weighted by Gasteiger charge is 2.23. The van der Waals surface area contributed by atoms with Crippen molar-refractivity contribution in [2.24, 2.45) is 0 Å². The summed E-state index contributed by atoms with van der Waals surface area (Å²) in [5, 5.41) is 21.0. The third-order valence-corrected chi connectivity index (χ3v) is 4.28. The van der Waals surface area contributed by atoms with Crippen LogP contribution in [0.25, 0.3) is 6.08 Å². The van der Waals surface area contributed by atoms with Gasteiger partial charge in [0.05, 0.1) is 12.7 Å². The zero-order chi connectivity index (χ0) is 20.3. The first-order valence-corrected chi connectivity index (χ1v) is 8.55. The lowest BCUT2D eigenvalue weighted by atomic mass is 10.0. The second-order valence-electron chi connectivity index (χ2n) is 6.34. The fourth-order valence-corrected chi connectivity index (χ4v) is 2.95. The number of carbonyl (C=O) groups excluding carboxylic acids is 1. The topological polar surface area (TPSA) is 109 Å². The first-order valence-electron chi connectivity index (χ1n) is 8.55. The van der Waals surface area contributed by atoms with E-state index in [1.54, 1.807) is 13.2 Å². The Balaban J connectivity index is 1.88. The highest BCUT2D eigenvalue weighted by atomic mass is 16.5. The molecular formula is C21H18N2O5. The number of carboxylic acids is 1. The molecule has 0 radical (unpaired) electrons. The molecule has 7 heteroatoms. The second-order valence-corrected chi connectivity index (χ2v) is 6.34. The van der Waals surface area contributed by atoms with Crippen LogP contribution in [0.1, 0.15) is 28.4 Å². The molecule has 1 atom stereocenters. The molecule has 0 saturated carbocycles. The van der Waals surface area contributed by atoms with Gasteiger partial charge in [0.2, 0.25) is 0 Å². The molecule has 3 rings (SSSR count). The summed E-state index contributed by atoms with van der Waals surface area (Å²) in [6, 6.07) is 11.2. The van der Waals surface area contributed by atoms with E-state index in [0.29, 0.717) is 22.7 Å². The standard InChI is InChI=1S/C21H18N2O5/c1-12-7-14-9-18(27-2)10-15(19(14)28-12)8-16(11-22)20(24)23-17-5-3-13(4-6-17)21(25)26/h3-6,8-10,12H,7H2,1-2H3,(H,23,24)(H,25,26)/b16-8-/t12-/m0/s1. The Kier molecular flexibility index (Phi) is 5.32. The normalized spacial score (nSPS) is 15.2. The third kappa shape index (κ3) is 3.96. The number of carboxylic acid groups (broad SMARTS) is 1. The van der Waals surface area contributed by atoms with E-state index in [4.69, 9.17) is 14.6 Å². The Morgan fingerprint density at radius 3 is 2.64 bits per heavy atom. The molecule has 7 nitrogen and oxygen atoms in total. The number of benzene rings is 2. The van der Waals surface area contributed by atoms with Crippen LogP contribution in [0.15, 0.2) is 42.0 Å². The van der Waals surface area contributed by atoms with Gasteiger partial charge in [-0.15, -0.1) is 0 Å². The minimum Gasteiger partial charge on any atom is -0.497 e. The molecule has 2 aromatic carbocycles. The van der Waals surface area contributed by atoms with E-state index in [1.165, 1.54) is 30.3 Å². The summed E-state index contributed by atoms with van der Waals surface area (Å²) in [5.74, 6) is -0.408. The monoisotopic (exact) mass is 378 g/mol. The molecule has 0 spiro atoms. The van der Waals surface area contributed by atoms with Crippen molar-refractivity contribution >= 4 is 23.6 Å². The van der Waals surface area contributed by atoms with Crippen molar-refractivity contribution in [1.82, 2.24) is 0 Å². The van der Waals surface area contributed by atoms with Gasteiger partial charge in [-0.1, -0.05) is 0 Å². The number of carbonyl (C=O) groups is 2. The lowest BCUT2D eigenvalue weighted by Crippen LogP contribution is -2.13. The molecule has 2 aromatic rings. The van der Waals surface area contributed by atoms with Crippen molar-refractivity contribution in [2.45, 2.75) is 19.4 Å². The van der Waals surface area contributed by atoms with Crippen LogP contribution in [-0.4, -0.2) is 30.2 Å². The number of aromatic carboxylic acids is 1. The van der Waals surface area contributed by atoms with Crippen LogP contribution in [0.5, 0.6) is 11.5 Å². The minimum absolute atomic E-state index is 0.00127. The van der Waals surface area contributed by atoms with Crippen LogP contribution in [0, 0.1) is 11.3 Å². The lowest BCUT2D eigenvalue weighted by molar-refractivity contribution is -0.112. The molecule has 1 amide bonds. The van der Waals surface area contributed by atoms with E-state index in [9.17, 15) is 14.9 Å². The van der Waals surface area contributed by atoms with Crippen molar-refractivity contribution in [3.8, 4) is 17.6 Å². The van der Waals surface area contributed by atoms with E-state index in [2.05, 4.69) is 5.32 Å². The Morgan fingerprint density at radius 1 is 1.32 bits per heavy atom. The van der Waals surface area contributed by atoms with Gasteiger partial charge in [0.25, 0.3) is 5.91 Å². The minimum atomic E-state index is -1.06. The van der Waals surface area contributed by atoms with Crippen LogP contribution < -0.4 is 14.8 Å². The molecule has 0 fully saturated rings. The average molecular weight is 378 g/mol. The van der Waals surface area contributed by atoms with Crippen LogP contribution in [0.3, 0.4) is 0 Å². The summed E-state index contributed by atoms with van der Waals surface area (Å²) >= 11 is 0. The van der Waals surface area contributed by atoms with Gasteiger partial charge >= 0.3 is 5.97 Å². The van der Waals surface area contributed by atoms with Crippen molar-refractivity contribution in [2.75, 3.05) is 12.4 Å². The SMILES string of the molecule is COc1cc(/C=C(/C#N)C(=O)Nc2ccc(C(=O)O)cc2)c2c(c1)C[C@H](C)O2. The summed E-state index contributed by atoms with van der Waals surface area (Å²) in [7, 11) is 1.55. The van der Waals surface area contributed by atoms with E-state index >= 15 is 0 Å². The van der Waals surface area contributed by atoms with E-state index in [0.717, 1.165) is 12.0 Å². The van der Waals surface area contributed by atoms with Gasteiger partial charge in [-0.25, -0.2) is 4.79 Å². The zero-order valence-electron chi connectivity index (χ0n) is 15.4. The maximum absolute atomic E-state index is 12.5. The third-order valence-electron chi connectivity index (χ3n) is 4.28. The zero-order valence-corrected chi connectivity index (χ0v) is 15.4. The van der Waals surface area contributed by atoms with Gasteiger partial charge in [0, 0.05) is 23.2 Å². The molecule has 142 valence electrons. The Hall–Kier alpha value is -3.79. The first kappa shape index (κ1) is 19.0. The molecule has 1 aliphatic rings. The number of hydrogen-bond donors (Lipinski definition) is 2. The maximum Gasteiger partial charge on any atom is 0.335 e. The summed E-state index contributed by atoms with van der Waals surface area (Å²) in [4.78, 5) is 23.4. The molecule has 0 bridgehead atoms. The van der Waals surface area contributed by atoms with Crippen molar-refractivity contribution in [3.05, 3.63) is 58.7 Å². The summed E-state index contributed by atoms with van der Waals surface area (Å²) < 4.78 is 11.1. The summed E-state index contributed by atoms with van der Waals surface area (Å²) in [5.41, 5.74) is 1.93. The number of hydrogen-bond acceptors (Lipinski definition) is 5. The van der Waals surface area contributed by atoms with Crippen LogP contribution in [0.4, 0.5) is 5.69 Å². The number of nitrogens with zero attached hydrogens (tertiary/aromatic N) is 1. The molecule has 0 aliphatic carbocycles. The maximum atomic E-state index is 12.5. The highest BCUT2D eigenvalue weighted by Crippen LogP contribution is 2.37. The quantitative estimate of drug-likeness (QED) is 0.611. The number of nitriles is 1. The van der Waals surface area contributed by atoms with Gasteiger partial charge in [-0.05, 0) is 49.4 Å². The second kappa shape index (κ2) is 7.84. The van der Waals surface area contributed by atoms with Gasteiger partial charge in [0.15, 0.2) is 0 Å². The Labute approximate surface area is 161 Å². The first-order chi connectivity index (χ1) is 13.4. The van der Waals surface area contributed by atoms with Crippen LogP contribution >= 0.6 is 0 Å². The Morgan fingerprint density at radius 2 is 2.04 bits per heavy atom. The van der Waals surface area contributed by atoms with E-state index in [-0.39, 0.29) is 17.2 Å². The number of nitrogens with one attached hydrogen (secondary N) is 1. The van der Waals surface area contributed by atoms with E-state index < -0.39 is 11.9 Å². The predicted molar refractivity (Wildman–Crippen MR) is 102 cm³/mol. The van der Waals surface area contributed by atoms with Gasteiger partial charge < -0.3 is 19.9 Å². The number of ether oxygens (including phenoxy) is 2. The molecule has 1 heterocycles. The smallest absolute Gasteiger partial charge is 0.335 e. The summed E-state index contributed by atoms with van der Waals surface area (Å²) in [6.07, 6.45) is 2.18. The Bertz CT molecular complexity index is 1000. The van der Waals surface area contributed by atoms with Gasteiger partial charge in [-0.3, -0.25) is 4.79 Å². The van der Waals surface area contributed by atoms with Gasteiger partial charge in [-0.2, -0.15) is 5.26 Å². The molecule has 0 unspecified atom stereocenters. The van der Waals surface area contributed by atoms with Crippen molar-refractivity contribution in [1.29, 1.82) is 5.26 Å². The fourth-order valence-electron chi connectivity index (χ4n) is 2.95. The summed E-state index contributed by atoms with van der Waals surface area (Å²) in [6.45, 7) is 1.94. The number of fused-ring (bicyclic) bond motifs is 1. The van der Waals surface area contributed by atoms with E-state index in [1.807, 2.05) is 19.1 Å². The molecule has 1 aliphatic heterocycles.